The molecule has 96 valence electrons. The van der Waals surface area contributed by atoms with Crippen LogP contribution in [0.3, 0.4) is 0 Å². The summed E-state index contributed by atoms with van der Waals surface area (Å²) in [5.74, 6) is 0. The van der Waals surface area contributed by atoms with Gasteiger partial charge < -0.3 is 10.5 Å². The Balaban J connectivity index is 2.62. The van der Waals surface area contributed by atoms with Gasteiger partial charge in [-0.3, -0.25) is 0 Å². The molecule has 1 rings (SSSR count). The molecule has 0 aliphatic heterocycles. The fourth-order valence-corrected chi connectivity index (χ4v) is 2.18. The number of rotatable bonds is 7. The number of benzene rings is 1. The maximum atomic E-state index is 6.21. The van der Waals surface area contributed by atoms with E-state index in [0.717, 1.165) is 29.8 Å². The van der Waals surface area contributed by atoms with Gasteiger partial charge in [0.1, 0.15) is 0 Å². The number of hydrogen-bond acceptors (Lipinski definition) is 2. The molecule has 2 N–H and O–H groups in total. The summed E-state index contributed by atoms with van der Waals surface area (Å²) in [5.41, 5.74) is 7.31. The molecule has 0 saturated heterocycles. The summed E-state index contributed by atoms with van der Waals surface area (Å²) in [6.07, 6.45) is 2.98. The van der Waals surface area contributed by atoms with Gasteiger partial charge in [-0.2, -0.15) is 0 Å². The summed E-state index contributed by atoms with van der Waals surface area (Å²) in [7, 11) is 0. The molecule has 0 aliphatic rings. The number of hydrogen-bond donors (Lipinski definition) is 1. The third-order valence-electron chi connectivity index (χ3n) is 2.84. The molecule has 1 aromatic carbocycles. The van der Waals surface area contributed by atoms with Gasteiger partial charge >= 0.3 is 0 Å². The molecule has 0 saturated carbocycles. The van der Waals surface area contributed by atoms with E-state index in [2.05, 4.69) is 6.92 Å². The zero-order chi connectivity index (χ0) is 12.7. The third kappa shape index (κ3) is 4.66. The Morgan fingerprint density at radius 3 is 2.59 bits per heavy atom. The van der Waals surface area contributed by atoms with E-state index in [1.165, 1.54) is 0 Å². The first kappa shape index (κ1) is 14.5. The van der Waals surface area contributed by atoms with Crippen LogP contribution in [-0.2, 0) is 11.2 Å². The first-order valence-electron chi connectivity index (χ1n) is 6.29. The van der Waals surface area contributed by atoms with Crippen LogP contribution in [0.25, 0.3) is 0 Å². The molecule has 0 bridgehead atoms. The summed E-state index contributed by atoms with van der Waals surface area (Å²) in [6, 6.07) is 7.86. The lowest BCUT2D eigenvalue weighted by molar-refractivity contribution is 0.0378. The minimum atomic E-state index is 0.00907. The van der Waals surface area contributed by atoms with Crippen molar-refractivity contribution in [2.75, 3.05) is 6.61 Å². The Kier molecular flexibility index (Phi) is 6.56. The van der Waals surface area contributed by atoms with E-state index in [9.17, 15) is 0 Å². The van der Waals surface area contributed by atoms with Crippen molar-refractivity contribution in [3.05, 3.63) is 34.9 Å². The van der Waals surface area contributed by atoms with Gasteiger partial charge in [0.2, 0.25) is 0 Å². The summed E-state index contributed by atoms with van der Waals surface area (Å²) >= 11 is 6.13. The standard InChI is InChI=1S/C14H22ClNO/c1-3-7-14(17-4-2)13(16)10-11-8-5-6-9-12(11)15/h5-6,8-9,13-14H,3-4,7,10,16H2,1-2H3. The number of halogens is 1. The second kappa shape index (κ2) is 7.70. The SMILES string of the molecule is CCCC(OCC)C(N)Cc1ccccc1Cl. The summed E-state index contributed by atoms with van der Waals surface area (Å²) in [5, 5.41) is 0.787. The predicted molar refractivity (Wildman–Crippen MR) is 73.5 cm³/mol. The molecular formula is C14H22ClNO. The second-order valence-corrected chi connectivity index (χ2v) is 4.65. The fourth-order valence-electron chi connectivity index (χ4n) is 1.97. The van der Waals surface area contributed by atoms with Gasteiger partial charge in [-0.1, -0.05) is 43.1 Å². The van der Waals surface area contributed by atoms with Crippen LogP contribution in [0, 0.1) is 0 Å². The van der Waals surface area contributed by atoms with Gasteiger partial charge in [-0.25, -0.2) is 0 Å². The van der Waals surface area contributed by atoms with Crippen LogP contribution in [0.2, 0.25) is 5.02 Å². The van der Waals surface area contributed by atoms with E-state index in [0.29, 0.717) is 6.61 Å². The maximum Gasteiger partial charge on any atom is 0.0728 e. The highest BCUT2D eigenvalue weighted by molar-refractivity contribution is 6.31. The van der Waals surface area contributed by atoms with Gasteiger partial charge in [0.05, 0.1) is 6.10 Å². The lowest BCUT2D eigenvalue weighted by Gasteiger charge is -2.23. The van der Waals surface area contributed by atoms with Crippen molar-refractivity contribution >= 4 is 11.6 Å². The average molecular weight is 256 g/mol. The van der Waals surface area contributed by atoms with E-state index in [-0.39, 0.29) is 12.1 Å². The van der Waals surface area contributed by atoms with Crippen molar-refractivity contribution in [2.45, 2.75) is 45.3 Å². The molecule has 0 spiro atoms. The quantitative estimate of drug-likeness (QED) is 0.810. The number of ether oxygens (including phenoxy) is 1. The van der Waals surface area contributed by atoms with Gasteiger partial charge in [0.25, 0.3) is 0 Å². The lowest BCUT2D eigenvalue weighted by atomic mass is 9.99. The average Bonchev–Trinajstić information content (AvgIpc) is 2.32. The van der Waals surface area contributed by atoms with Crippen molar-refractivity contribution in [3.63, 3.8) is 0 Å². The van der Waals surface area contributed by atoms with Gasteiger partial charge in [-0.05, 0) is 31.4 Å². The molecule has 0 fully saturated rings. The maximum absolute atomic E-state index is 6.21. The highest BCUT2D eigenvalue weighted by atomic mass is 35.5. The van der Waals surface area contributed by atoms with Crippen LogP contribution in [0.1, 0.15) is 32.3 Å². The van der Waals surface area contributed by atoms with Gasteiger partial charge in [-0.15, -0.1) is 0 Å². The molecule has 0 aromatic heterocycles. The number of nitrogens with two attached hydrogens (primary N) is 1. The first-order valence-corrected chi connectivity index (χ1v) is 6.67. The highest BCUT2D eigenvalue weighted by Gasteiger charge is 2.18. The molecule has 1 aromatic rings. The van der Waals surface area contributed by atoms with Crippen molar-refractivity contribution in [1.82, 2.24) is 0 Å². The molecular weight excluding hydrogens is 234 g/mol. The molecule has 0 amide bonds. The minimum Gasteiger partial charge on any atom is -0.377 e. The third-order valence-corrected chi connectivity index (χ3v) is 3.21. The highest BCUT2D eigenvalue weighted by Crippen LogP contribution is 2.18. The van der Waals surface area contributed by atoms with Crippen LogP contribution in [-0.4, -0.2) is 18.8 Å². The van der Waals surface area contributed by atoms with E-state index in [4.69, 9.17) is 22.1 Å². The molecule has 0 heterocycles. The normalized spacial score (nSPS) is 14.6. The van der Waals surface area contributed by atoms with Crippen LogP contribution < -0.4 is 5.73 Å². The molecule has 2 nitrogen and oxygen atoms in total. The summed E-state index contributed by atoms with van der Waals surface area (Å²) in [6.45, 7) is 4.86. The van der Waals surface area contributed by atoms with E-state index in [1.807, 2.05) is 31.2 Å². The topological polar surface area (TPSA) is 35.2 Å². The largest absolute Gasteiger partial charge is 0.377 e. The Labute approximate surface area is 109 Å². The molecule has 2 unspecified atom stereocenters. The van der Waals surface area contributed by atoms with E-state index < -0.39 is 0 Å². The Morgan fingerprint density at radius 2 is 2.00 bits per heavy atom. The van der Waals surface area contributed by atoms with E-state index in [1.54, 1.807) is 0 Å². The van der Waals surface area contributed by atoms with Crippen molar-refractivity contribution in [3.8, 4) is 0 Å². The minimum absolute atomic E-state index is 0.00907. The summed E-state index contributed by atoms with van der Waals surface area (Å²) < 4.78 is 5.69. The lowest BCUT2D eigenvalue weighted by Crippen LogP contribution is -2.38. The molecule has 0 radical (unpaired) electrons. The second-order valence-electron chi connectivity index (χ2n) is 4.24. The van der Waals surface area contributed by atoms with Crippen LogP contribution in [0.15, 0.2) is 24.3 Å². The van der Waals surface area contributed by atoms with Crippen LogP contribution in [0.5, 0.6) is 0 Å². The molecule has 17 heavy (non-hydrogen) atoms. The zero-order valence-electron chi connectivity index (χ0n) is 10.7. The van der Waals surface area contributed by atoms with E-state index >= 15 is 0 Å². The summed E-state index contributed by atoms with van der Waals surface area (Å²) in [4.78, 5) is 0. The van der Waals surface area contributed by atoms with Crippen molar-refractivity contribution < 1.29 is 4.74 Å². The van der Waals surface area contributed by atoms with Crippen molar-refractivity contribution in [1.29, 1.82) is 0 Å². The van der Waals surface area contributed by atoms with Gasteiger partial charge in [0.15, 0.2) is 0 Å². The van der Waals surface area contributed by atoms with Crippen LogP contribution >= 0.6 is 11.6 Å². The Bertz CT molecular complexity index is 324. The predicted octanol–water partition coefficient (Wildman–Crippen LogP) is 3.42. The Morgan fingerprint density at radius 1 is 1.29 bits per heavy atom. The zero-order valence-corrected chi connectivity index (χ0v) is 11.4. The Hall–Kier alpha value is -0.570. The van der Waals surface area contributed by atoms with Crippen LogP contribution in [0.4, 0.5) is 0 Å². The monoisotopic (exact) mass is 255 g/mol. The molecule has 2 atom stereocenters. The van der Waals surface area contributed by atoms with Gasteiger partial charge in [0, 0.05) is 17.7 Å². The molecule has 0 aliphatic carbocycles. The fraction of sp³-hybridized carbons (Fsp3) is 0.571. The van der Waals surface area contributed by atoms with Crippen molar-refractivity contribution in [2.24, 2.45) is 5.73 Å². The first-order chi connectivity index (χ1) is 8.19. The smallest absolute Gasteiger partial charge is 0.0728 e. The molecule has 3 heteroatoms.